The topological polar surface area (TPSA) is 73.6 Å². The third kappa shape index (κ3) is 7.49. The smallest absolute Gasteiger partial charge is 0.258 e. The molecule has 0 saturated carbocycles. The van der Waals surface area contributed by atoms with E-state index in [1.54, 1.807) is 6.07 Å². The lowest BCUT2D eigenvalue weighted by atomic mass is 9.94. The molecule has 0 bridgehead atoms. The molecule has 27 heavy (non-hydrogen) atoms. The van der Waals surface area contributed by atoms with Crippen LogP contribution in [0, 0.1) is 0 Å². The van der Waals surface area contributed by atoms with Gasteiger partial charge in [0.05, 0.1) is 0 Å². The first-order valence-electron chi connectivity index (χ1n) is 9.00. The summed E-state index contributed by atoms with van der Waals surface area (Å²) in [6.45, 7) is 4.85. The van der Waals surface area contributed by atoms with E-state index in [9.17, 15) is 4.79 Å². The Labute approximate surface area is 167 Å². The molecule has 0 spiro atoms. The van der Waals surface area contributed by atoms with Crippen LogP contribution in [0.2, 0.25) is 0 Å². The van der Waals surface area contributed by atoms with Crippen molar-refractivity contribution in [2.24, 2.45) is 5.73 Å². The number of para-hydroxylation sites is 2. The van der Waals surface area contributed by atoms with Gasteiger partial charge in [-0.3, -0.25) is 4.79 Å². The van der Waals surface area contributed by atoms with Crippen molar-refractivity contribution in [1.82, 2.24) is 5.32 Å². The van der Waals surface area contributed by atoms with Gasteiger partial charge in [0, 0.05) is 12.1 Å². The minimum Gasteiger partial charge on any atom is -0.485 e. The second-order valence-corrected chi connectivity index (χ2v) is 6.36. The summed E-state index contributed by atoms with van der Waals surface area (Å²) >= 11 is 0. The van der Waals surface area contributed by atoms with Crippen LogP contribution in [-0.4, -0.2) is 24.6 Å². The monoisotopic (exact) mass is 392 g/mol. The summed E-state index contributed by atoms with van der Waals surface area (Å²) in [5.41, 5.74) is 6.89. The zero-order valence-corrected chi connectivity index (χ0v) is 16.8. The molecule has 3 N–H and O–H groups in total. The van der Waals surface area contributed by atoms with E-state index in [0.717, 1.165) is 18.4 Å². The molecule has 0 fully saturated rings. The molecule has 148 valence electrons. The van der Waals surface area contributed by atoms with Crippen LogP contribution in [0.4, 0.5) is 0 Å². The molecule has 0 aliphatic rings. The number of rotatable bonds is 10. The molecule has 2 rings (SSSR count). The van der Waals surface area contributed by atoms with E-state index in [1.807, 2.05) is 62.4 Å². The fourth-order valence-corrected chi connectivity index (χ4v) is 2.39. The summed E-state index contributed by atoms with van der Waals surface area (Å²) in [5.74, 6) is 0.961. The summed E-state index contributed by atoms with van der Waals surface area (Å²) in [6, 6.07) is 17.2. The molecule has 0 unspecified atom stereocenters. The number of nitrogens with two attached hydrogens (primary N) is 1. The largest absolute Gasteiger partial charge is 0.485 e. The number of carbonyl (C=O) groups is 1. The first-order valence-corrected chi connectivity index (χ1v) is 9.00. The molecule has 0 aliphatic carbocycles. The molecule has 0 aromatic heterocycles. The Morgan fingerprint density at radius 2 is 1.52 bits per heavy atom. The van der Waals surface area contributed by atoms with Crippen LogP contribution >= 0.6 is 12.4 Å². The summed E-state index contributed by atoms with van der Waals surface area (Å²) < 4.78 is 11.5. The zero-order valence-electron chi connectivity index (χ0n) is 15.9. The van der Waals surface area contributed by atoms with Crippen LogP contribution < -0.4 is 20.5 Å². The van der Waals surface area contributed by atoms with E-state index < -0.39 is 0 Å². The number of benzene rings is 2. The van der Waals surface area contributed by atoms with Gasteiger partial charge in [0.15, 0.2) is 18.1 Å². The second kappa shape index (κ2) is 11.5. The highest BCUT2D eigenvalue weighted by molar-refractivity contribution is 5.85. The number of amides is 1. The minimum atomic E-state index is -0.369. The summed E-state index contributed by atoms with van der Waals surface area (Å²) in [4.78, 5) is 12.1. The maximum absolute atomic E-state index is 12.1. The van der Waals surface area contributed by atoms with E-state index >= 15 is 0 Å². The Bertz CT molecular complexity index is 691. The number of hydrogen-bond donors (Lipinski definition) is 2. The highest BCUT2D eigenvalue weighted by Gasteiger charge is 2.21. The van der Waals surface area contributed by atoms with Gasteiger partial charge in [-0.15, -0.1) is 12.4 Å². The van der Waals surface area contributed by atoms with E-state index in [4.69, 9.17) is 15.2 Å². The van der Waals surface area contributed by atoms with Gasteiger partial charge in [-0.2, -0.15) is 0 Å². The van der Waals surface area contributed by atoms with Crippen molar-refractivity contribution < 1.29 is 14.3 Å². The average Bonchev–Trinajstić information content (AvgIpc) is 2.70. The number of carbonyl (C=O) groups excluding carboxylic acids is 1. The van der Waals surface area contributed by atoms with E-state index in [-0.39, 0.29) is 30.5 Å². The van der Waals surface area contributed by atoms with Crippen LogP contribution in [0.1, 0.15) is 32.3 Å². The van der Waals surface area contributed by atoms with Gasteiger partial charge in [-0.25, -0.2) is 0 Å². The normalized spacial score (nSPS) is 10.6. The van der Waals surface area contributed by atoms with Crippen molar-refractivity contribution in [2.45, 2.75) is 38.8 Å². The fourth-order valence-electron chi connectivity index (χ4n) is 2.39. The number of nitrogens with one attached hydrogen (secondary N) is 1. The Balaban J connectivity index is 0.00000364. The van der Waals surface area contributed by atoms with Gasteiger partial charge in [0.2, 0.25) is 0 Å². The number of halogens is 1. The Morgan fingerprint density at radius 3 is 2.11 bits per heavy atom. The second-order valence-electron chi connectivity index (χ2n) is 6.36. The third-order valence-corrected chi connectivity index (χ3v) is 4.49. The molecule has 2 aromatic carbocycles. The van der Waals surface area contributed by atoms with E-state index in [2.05, 4.69) is 5.32 Å². The maximum Gasteiger partial charge on any atom is 0.258 e. The van der Waals surface area contributed by atoms with Crippen LogP contribution in [0.15, 0.2) is 54.6 Å². The first-order chi connectivity index (χ1) is 12.6. The van der Waals surface area contributed by atoms with E-state index in [0.29, 0.717) is 24.7 Å². The quantitative estimate of drug-likeness (QED) is 0.646. The lowest BCUT2D eigenvalue weighted by Crippen LogP contribution is -2.50. The lowest BCUT2D eigenvalue weighted by molar-refractivity contribution is -0.123. The van der Waals surface area contributed by atoms with E-state index in [1.165, 1.54) is 0 Å². The predicted octanol–water partition coefficient (Wildman–Crippen LogP) is 3.70. The molecule has 6 heteroatoms. The van der Waals surface area contributed by atoms with Crippen molar-refractivity contribution in [3.05, 3.63) is 60.2 Å². The van der Waals surface area contributed by atoms with Crippen LogP contribution in [0.25, 0.3) is 0 Å². The molecule has 0 heterocycles. The lowest BCUT2D eigenvalue weighted by Gasteiger charge is -2.26. The Morgan fingerprint density at radius 1 is 0.963 bits per heavy atom. The Kier molecular flexibility index (Phi) is 9.68. The van der Waals surface area contributed by atoms with Crippen molar-refractivity contribution >= 4 is 18.3 Å². The highest BCUT2D eigenvalue weighted by atomic mass is 35.5. The average molecular weight is 393 g/mol. The van der Waals surface area contributed by atoms with Gasteiger partial charge in [-0.1, -0.05) is 56.3 Å². The zero-order chi connectivity index (χ0) is 18.8. The van der Waals surface area contributed by atoms with Crippen molar-refractivity contribution in [2.75, 3.05) is 13.2 Å². The predicted molar refractivity (Wildman–Crippen MR) is 110 cm³/mol. The molecule has 5 nitrogen and oxygen atoms in total. The Hall–Kier alpha value is -2.24. The van der Waals surface area contributed by atoms with Crippen LogP contribution in [0.5, 0.6) is 11.5 Å². The van der Waals surface area contributed by atoms with Gasteiger partial charge in [-0.05, 0) is 30.5 Å². The fraction of sp³-hybridized carbons (Fsp3) is 0.381. The van der Waals surface area contributed by atoms with Gasteiger partial charge < -0.3 is 20.5 Å². The highest BCUT2D eigenvalue weighted by Crippen LogP contribution is 2.27. The third-order valence-electron chi connectivity index (χ3n) is 4.49. The van der Waals surface area contributed by atoms with Gasteiger partial charge >= 0.3 is 0 Å². The minimum absolute atomic E-state index is 0. The van der Waals surface area contributed by atoms with Crippen molar-refractivity contribution in [1.29, 1.82) is 0 Å². The molecule has 0 radical (unpaired) electrons. The molecule has 0 saturated heterocycles. The van der Waals surface area contributed by atoms with Gasteiger partial charge in [0.25, 0.3) is 5.91 Å². The summed E-state index contributed by atoms with van der Waals surface area (Å²) in [6.07, 6.45) is 1.61. The number of ether oxygens (including phenoxy) is 2. The summed E-state index contributed by atoms with van der Waals surface area (Å²) in [7, 11) is 0. The molecule has 0 atom stereocenters. The molecule has 2 aromatic rings. The SMILES string of the molecule is CCC(N)(CC)CNC(=O)COc1ccccc1OCc1ccccc1.Cl. The molecular weight excluding hydrogens is 364 g/mol. The van der Waals surface area contributed by atoms with Gasteiger partial charge in [0.1, 0.15) is 6.61 Å². The van der Waals surface area contributed by atoms with Crippen LogP contribution in [0.3, 0.4) is 0 Å². The maximum atomic E-state index is 12.1. The summed E-state index contributed by atoms with van der Waals surface area (Å²) in [5, 5.41) is 2.84. The number of hydrogen-bond acceptors (Lipinski definition) is 4. The standard InChI is InChI=1S/C21H28N2O3.ClH/c1-3-21(22,4-2)16-23-20(24)15-26-19-13-9-8-12-18(19)25-14-17-10-6-5-7-11-17;/h5-13H,3-4,14-16,22H2,1-2H3,(H,23,24);1H. The molecule has 0 aliphatic heterocycles. The van der Waals surface area contributed by atoms with Crippen LogP contribution in [-0.2, 0) is 11.4 Å². The molecule has 1 amide bonds. The first kappa shape index (κ1) is 22.8. The van der Waals surface area contributed by atoms with Crippen molar-refractivity contribution in [3.8, 4) is 11.5 Å². The van der Waals surface area contributed by atoms with Crippen molar-refractivity contribution in [3.63, 3.8) is 0 Å². The molecular formula is C21H29ClN2O3.